The number of rotatable bonds is 2. The van der Waals surface area contributed by atoms with Gasteiger partial charge in [0, 0.05) is 13.0 Å². The summed E-state index contributed by atoms with van der Waals surface area (Å²) in [5.74, 6) is -0.454. The molecule has 0 aliphatic heterocycles. The van der Waals surface area contributed by atoms with E-state index >= 15 is 0 Å². The van der Waals surface area contributed by atoms with Crippen LogP contribution < -0.4 is 4.80 Å². The third kappa shape index (κ3) is 2.15. The van der Waals surface area contributed by atoms with Crippen LogP contribution in [0.1, 0.15) is 20.3 Å². The summed E-state index contributed by atoms with van der Waals surface area (Å²) >= 11 is 1.34. The summed E-state index contributed by atoms with van der Waals surface area (Å²) in [7, 11) is 0. The van der Waals surface area contributed by atoms with Gasteiger partial charge in [-0.2, -0.15) is 4.99 Å². The Hall–Kier alpha value is -1.49. The maximum absolute atomic E-state index is 13.7. The second-order valence-electron chi connectivity index (χ2n) is 3.57. The number of halogens is 1. The molecule has 0 spiro atoms. The van der Waals surface area contributed by atoms with Gasteiger partial charge in [0.05, 0.1) is 10.2 Å². The Morgan fingerprint density at radius 1 is 1.47 bits per heavy atom. The molecule has 0 atom stereocenters. The fourth-order valence-corrected chi connectivity index (χ4v) is 2.78. The number of carbonyl (C=O) groups is 1. The number of fused-ring (bicyclic) bond motifs is 1. The first-order valence-electron chi connectivity index (χ1n) is 5.52. The topological polar surface area (TPSA) is 34.4 Å². The summed E-state index contributed by atoms with van der Waals surface area (Å²) in [5, 5.41) is 0. The number of hydrogen-bond donors (Lipinski definition) is 0. The number of aryl methyl sites for hydroxylation is 1. The summed E-state index contributed by atoms with van der Waals surface area (Å²) < 4.78 is 16.3. The van der Waals surface area contributed by atoms with Crippen LogP contribution in [0.3, 0.4) is 0 Å². The molecule has 5 heteroatoms. The van der Waals surface area contributed by atoms with Crippen LogP contribution in [0, 0.1) is 5.82 Å². The van der Waals surface area contributed by atoms with Crippen molar-refractivity contribution in [2.24, 2.45) is 4.99 Å². The molecule has 0 saturated carbocycles. The molecule has 0 aliphatic carbocycles. The lowest BCUT2D eigenvalue weighted by molar-refractivity contribution is -0.117. The molecule has 90 valence electrons. The zero-order valence-corrected chi connectivity index (χ0v) is 10.6. The predicted molar refractivity (Wildman–Crippen MR) is 66.3 cm³/mol. The molecule has 0 N–H and O–H groups in total. The number of carbonyl (C=O) groups excluding carboxylic acids is 1. The van der Waals surface area contributed by atoms with E-state index < -0.39 is 0 Å². The first-order chi connectivity index (χ1) is 8.17. The van der Waals surface area contributed by atoms with Crippen LogP contribution in [-0.4, -0.2) is 10.5 Å². The number of thiazole rings is 1. The molecule has 2 rings (SSSR count). The van der Waals surface area contributed by atoms with Crippen molar-refractivity contribution in [3.63, 3.8) is 0 Å². The average molecular weight is 252 g/mol. The van der Waals surface area contributed by atoms with Gasteiger partial charge in [0.25, 0.3) is 0 Å². The molecule has 0 unspecified atom stereocenters. The zero-order valence-electron chi connectivity index (χ0n) is 9.74. The molecule has 0 fully saturated rings. The Kier molecular flexibility index (Phi) is 3.38. The largest absolute Gasteiger partial charge is 0.314 e. The van der Waals surface area contributed by atoms with Gasteiger partial charge in [-0.15, -0.1) is 0 Å². The van der Waals surface area contributed by atoms with Gasteiger partial charge in [0.2, 0.25) is 5.91 Å². The molecule has 3 nitrogen and oxygen atoms in total. The SMILES string of the molecule is CCC(=O)N=c1sc2cccc(F)c2n1CC. The molecule has 0 saturated heterocycles. The summed E-state index contributed by atoms with van der Waals surface area (Å²) in [6.07, 6.45) is 0.362. The highest BCUT2D eigenvalue weighted by Crippen LogP contribution is 2.20. The average Bonchev–Trinajstić information content (AvgIpc) is 2.67. The van der Waals surface area contributed by atoms with Crippen molar-refractivity contribution in [3.05, 3.63) is 28.8 Å². The Bertz CT molecular complexity index is 627. The van der Waals surface area contributed by atoms with Gasteiger partial charge in [-0.3, -0.25) is 4.79 Å². The fraction of sp³-hybridized carbons (Fsp3) is 0.333. The summed E-state index contributed by atoms with van der Waals surface area (Å²) in [4.78, 5) is 15.9. The number of para-hydroxylation sites is 1. The lowest BCUT2D eigenvalue weighted by atomic mass is 10.3. The van der Waals surface area contributed by atoms with Gasteiger partial charge in [-0.25, -0.2) is 4.39 Å². The van der Waals surface area contributed by atoms with Crippen LogP contribution in [0.4, 0.5) is 4.39 Å². The summed E-state index contributed by atoms with van der Waals surface area (Å²) in [5.41, 5.74) is 0.530. The van der Waals surface area contributed by atoms with Crippen LogP contribution in [0.5, 0.6) is 0 Å². The third-order valence-electron chi connectivity index (χ3n) is 2.49. The van der Waals surface area contributed by atoms with Crippen molar-refractivity contribution in [1.29, 1.82) is 0 Å². The summed E-state index contributed by atoms with van der Waals surface area (Å²) in [6.45, 7) is 4.26. The molecule has 0 aliphatic rings. The van der Waals surface area contributed by atoms with Gasteiger partial charge >= 0.3 is 0 Å². The van der Waals surface area contributed by atoms with E-state index in [1.165, 1.54) is 17.4 Å². The van der Waals surface area contributed by atoms with E-state index in [2.05, 4.69) is 4.99 Å². The van der Waals surface area contributed by atoms with Crippen molar-refractivity contribution in [2.45, 2.75) is 26.8 Å². The van der Waals surface area contributed by atoms with E-state index in [1.54, 1.807) is 17.6 Å². The fourth-order valence-electron chi connectivity index (χ4n) is 1.65. The van der Waals surface area contributed by atoms with Crippen LogP contribution in [0.25, 0.3) is 10.2 Å². The van der Waals surface area contributed by atoms with E-state index in [0.717, 1.165) is 4.70 Å². The summed E-state index contributed by atoms with van der Waals surface area (Å²) in [6, 6.07) is 4.93. The highest BCUT2D eigenvalue weighted by Gasteiger charge is 2.09. The van der Waals surface area contributed by atoms with E-state index in [1.807, 2.05) is 13.0 Å². The smallest absolute Gasteiger partial charge is 0.248 e. The van der Waals surface area contributed by atoms with Crippen molar-refractivity contribution < 1.29 is 9.18 Å². The van der Waals surface area contributed by atoms with Crippen molar-refractivity contribution >= 4 is 27.5 Å². The molecule has 0 radical (unpaired) electrons. The van der Waals surface area contributed by atoms with Gasteiger partial charge in [0.15, 0.2) is 4.80 Å². The number of benzene rings is 1. The minimum absolute atomic E-state index is 0.181. The van der Waals surface area contributed by atoms with Crippen molar-refractivity contribution in [3.8, 4) is 0 Å². The van der Waals surface area contributed by atoms with Crippen LogP contribution in [0.15, 0.2) is 23.2 Å². The highest BCUT2D eigenvalue weighted by atomic mass is 32.1. The normalized spacial score (nSPS) is 12.3. The van der Waals surface area contributed by atoms with E-state index in [4.69, 9.17) is 0 Å². The van der Waals surface area contributed by atoms with E-state index in [0.29, 0.717) is 23.3 Å². The quantitative estimate of drug-likeness (QED) is 0.809. The van der Waals surface area contributed by atoms with E-state index in [-0.39, 0.29) is 11.7 Å². The second-order valence-corrected chi connectivity index (χ2v) is 4.58. The third-order valence-corrected chi connectivity index (χ3v) is 3.53. The van der Waals surface area contributed by atoms with Gasteiger partial charge in [-0.05, 0) is 19.1 Å². The Labute approximate surface area is 102 Å². The molecular formula is C12H13FN2OS. The zero-order chi connectivity index (χ0) is 12.4. The van der Waals surface area contributed by atoms with Gasteiger partial charge in [0.1, 0.15) is 5.82 Å². The van der Waals surface area contributed by atoms with Crippen LogP contribution in [0.2, 0.25) is 0 Å². The Morgan fingerprint density at radius 2 is 2.24 bits per heavy atom. The molecule has 1 aromatic carbocycles. The van der Waals surface area contributed by atoms with Crippen molar-refractivity contribution in [1.82, 2.24) is 4.57 Å². The van der Waals surface area contributed by atoms with Gasteiger partial charge < -0.3 is 4.57 Å². The Balaban J connectivity index is 2.78. The maximum Gasteiger partial charge on any atom is 0.248 e. The standard InChI is InChI=1S/C12H13FN2OS/c1-3-10(16)14-12-15(4-2)11-8(13)6-5-7-9(11)17-12/h5-7H,3-4H2,1-2H3. The number of amides is 1. The number of hydrogen-bond acceptors (Lipinski definition) is 2. The molecule has 0 bridgehead atoms. The minimum Gasteiger partial charge on any atom is -0.314 e. The molecule has 1 amide bonds. The van der Waals surface area contributed by atoms with Crippen LogP contribution in [-0.2, 0) is 11.3 Å². The molecule has 1 aromatic heterocycles. The molecular weight excluding hydrogens is 239 g/mol. The monoisotopic (exact) mass is 252 g/mol. The second kappa shape index (κ2) is 4.79. The molecule has 2 aromatic rings. The van der Waals surface area contributed by atoms with Crippen LogP contribution >= 0.6 is 11.3 Å². The minimum atomic E-state index is -0.272. The maximum atomic E-state index is 13.7. The van der Waals surface area contributed by atoms with Crippen molar-refractivity contribution in [2.75, 3.05) is 0 Å². The molecule has 1 heterocycles. The first-order valence-corrected chi connectivity index (χ1v) is 6.34. The predicted octanol–water partition coefficient (Wildman–Crippen LogP) is 2.70. The Morgan fingerprint density at radius 3 is 2.88 bits per heavy atom. The van der Waals surface area contributed by atoms with Gasteiger partial charge in [-0.1, -0.05) is 24.3 Å². The number of nitrogens with zero attached hydrogens (tertiary/aromatic N) is 2. The lowest BCUT2D eigenvalue weighted by Crippen LogP contribution is -2.16. The molecule has 17 heavy (non-hydrogen) atoms. The lowest BCUT2D eigenvalue weighted by Gasteiger charge is -2.00. The highest BCUT2D eigenvalue weighted by molar-refractivity contribution is 7.16. The van der Waals surface area contributed by atoms with E-state index in [9.17, 15) is 9.18 Å². The number of aromatic nitrogens is 1. The first kappa shape index (κ1) is 12.0.